The maximum absolute atomic E-state index is 13.8. The fourth-order valence-electron chi connectivity index (χ4n) is 4.18. The molecule has 0 aliphatic carbocycles. The van der Waals surface area contributed by atoms with E-state index in [9.17, 15) is 4.79 Å². The second-order valence-electron chi connectivity index (χ2n) is 8.25. The number of rotatable bonds is 7. The molecule has 0 radical (unpaired) electrons. The van der Waals surface area contributed by atoms with Crippen LogP contribution in [-0.4, -0.2) is 27.8 Å². The molecule has 5 nitrogen and oxygen atoms in total. The van der Waals surface area contributed by atoms with Gasteiger partial charge >= 0.3 is 5.69 Å². The molecular formula is C26H29N3O2. The third kappa shape index (κ3) is 4.19. The molecule has 2 aromatic carbocycles. The highest BCUT2D eigenvalue weighted by Gasteiger charge is 2.24. The Kier molecular flexibility index (Phi) is 6.05. The number of aromatic nitrogens is 3. The van der Waals surface area contributed by atoms with E-state index >= 15 is 0 Å². The van der Waals surface area contributed by atoms with Gasteiger partial charge < -0.3 is 4.74 Å². The Labute approximate surface area is 182 Å². The van der Waals surface area contributed by atoms with Crippen LogP contribution in [0.3, 0.4) is 0 Å². The summed E-state index contributed by atoms with van der Waals surface area (Å²) >= 11 is 0. The second-order valence-corrected chi connectivity index (χ2v) is 8.25. The SMILES string of the molecule is COC[C@H](Cc1ccc(C)cc1)n1c(=O)n(C(C)c2ccc(C)cc2)c2cccnc21. The van der Waals surface area contributed by atoms with Gasteiger partial charge in [-0.25, -0.2) is 9.78 Å². The molecule has 0 bridgehead atoms. The molecule has 0 spiro atoms. The van der Waals surface area contributed by atoms with E-state index in [1.807, 2.05) is 21.3 Å². The molecule has 0 saturated carbocycles. The molecule has 5 heteroatoms. The summed E-state index contributed by atoms with van der Waals surface area (Å²) in [6, 6.07) is 20.4. The standard InChI is InChI=1S/C26H29N3O2/c1-18-7-11-21(12-8-18)16-23(17-31-4)29-25-24(6-5-15-27-25)28(26(29)30)20(3)22-13-9-19(2)10-14-22/h5-15,20,23H,16-17H2,1-4H3/t20?,23-/m0/s1. The first-order valence-corrected chi connectivity index (χ1v) is 10.7. The Hall–Kier alpha value is -3.18. The van der Waals surface area contributed by atoms with Crippen LogP contribution in [0.25, 0.3) is 11.2 Å². The summed E-state index contributed by atoms with van der Waals surface area (Å²) in [5.74, 6) is 0. The molecule has 160 valence electrons. The molecule has 4 rings (SSSR count). The molecule has 31 heavy (non-hydrogen) atoms. The molecular weight excluding hydrogens is 386 g/mol. The minimum atomic E-state index is -0.149. The molecule has 0 aliphatic rings. The van der Waals surface area contributed by atoms with E-state index in [0.717, 1.165) is 11.1 Å². The predicted octanol–water partition coefficient (Wildman–Crippen LogP) is 4.85. The lowest BCUT2D eigenvalue weighted by Crippen LogP contribution is -2.32. The van der Waals surface area contributed by atoms with Crippen molar-refractivity contribution in [3.05, 3.63) is 99.6 Å². The Morgan fingerprint density at radius 1 is 0.935 bits per heavy atom. The number of aryl methyl sites for hydroxylation is 2. The minimum Gasteiger partial charge on any atom is -0.383 e. The molecule has 2 atom stereocenters. The van der Waals surface area contributed by atoms with E-state index in [1.54, 1.807) is 13.3 Å². The van der Waals surface area contributed by atoms with Crippen LogP contribution in [0.5, 0.6) is 0 Å². The molecule has 0 aliphatic heterocycles. The molecule has 0 amide bonds. The van der Waals surface area contributed by atoms with Crippen LogP contribution in [0.2, 0.25) is 0 Å². The third-order valence-corrected chi connectivity index (χ3v) is 5.93. The van der Waals surface area contributed by atoms with Crippen molar-refractivity contribution in [1.29, 1.82) is 0 Å². The van der Waals surface area contributed by atoms with Crippen LogP contribution >= 0.6 is 0 Å². The van der Waals surface area contributed by atoms with Crippen molar-refractivity contribution in [1.82, 2.24) is 14.1 Å². The highest BCUT2D eigenvalue weighted by molar-refractivity contribution is 5.72. The number of fused-ring (bicyclic) bond motifs is 1. The van der Waals surface area contributed by atoms with Gasteiger partial charge in [0.1, 0.15) is 0 Å². The quantitative estimate of drug-likeness (QED) is 0.433. The van der Waals surface area contributed by atoms with Crippen LogP contribution in [0.1, 0.15) is 41.3 Å². The van der Waals surface area contributed by atoms with Crippen molar-refractivity contribution in [3.8, 4) is 0 Å². The average Bonchev–Trinajstić information content (AvgIpc) is 3.06. The van der Waals surface area contributed by atoms with Gasteiger partial charge in [0.05, 0.1) is 24.2 Å². The van der Waals surface area contributed by atoms with Crippen molar-refractivity contribution in [3.63, 3.8) is 0 Å². The van der Waals surface area contributed by atoms with Gasteiger partial charge in [-0.05, 0) is 50.5 Å². The number of nitrogens with zero attached hydrogens (tertiary/aromatic N) is 3. The monoisotopic (exact) mass is 415 g/mol. The number of methoxy groups -OCH3 is 1. The van der Waals surface area contributed by atoms with Gasteiger partial charge in [-0.15, -0.1) is 0 Å². The van der Waals surface area contributed by atoms with Crippen molar-refractivity contribution in [2.45, 2.75) is 39.3 Å². The van der Waals surface area contributed by atoms with E-state index in [1.165, 1.54) is 16.7 Å². The average molecular weight is 416 g/mol. The van der Waals surface area contributed by atoms with Crippen molar-refractivity contribution in [2.24, 2.45) is 0 Å². The number of hydrogen-bond acceptors (Lipinski definition) is 3. The summed E-state index contributed by atoms with van der Waals surface area (Å²) in [5.41, 5.74) is 6.16. The lowest BCUT2D eigenvalue weighted by atomic mass is 10.0. The second kappa shape index (κ2) is 8.90. The van der Waals surface area contributed by atoms with Crippen molar-refractivity contribution >= 4 is 11.2 Å². The maximum atomic E-state index is 13.8. The van der Waals surface area contributed by atoms with Gasteiger partial charge in [-0.3, -0.25) is 9.13 Å². The van der Waals surface area contributed by atoms with Gasteiger partial charge in [0, 0.05) is 13.3 Å². The topological polar surface area (TPSA) is 49.0 Å². The van der Waals surface area contributed by atoms with E-state index in [2.05, 4.69) is 74.3 Å². The summed E-state index contributed by atoms with van der Waals surface area (Å²) < 4.78 is 9.19. The number of hydrogen-bond donors (Lipinski definition) is 0. The lowest BCUT2D eigenvalue weighted by molar-refractivity contribution is 0.154. The predicted molar refractivity (Wildman–Crippen MR) is 125 cm³/mol. The van der Waals surface area contributed by atoms with Crippen LogP contribution in [0, 0.1) is 13.8 Å². The van der Waals surface area contributed by atoms with Gasteiger partial charge in [0.2, 0.25) is 0 Å². The largest absolute Gasteiger partial charge is 0.383 e. The smallest absolute Gasteiger partial charge is 0.331 e. The van der Waals surface area contributed by atoms with E-state index in [-0.39, 0.29) is 17.8 Å². The Balaban J connectivity index is 1.83. The van der Waals surface area contributed by atoms with E-state index in [4.69, 9.17) is 4.74 Å². The van der Waals surface area contributed by atoms with E-state index < -0.39 is 0 Å². The fraction of sp³-hybridized carbons (Fsp3) is 0.308. The Bertz CT molecular complexity index is 1220. The van der Waals surface area contributed by atoms with Gasteiger partial charge in [0.15, 0.2) is 5.65 Å². The number of pyridine rings is 1. The zero-order chi connectivity index (χ0) is 22.0. The summed E-state index contributed by atoms with van der Waals surface area (Å²) in [4.78, 5) is 18.4. The molecule has 2 heterocycles. The molecule has 4 aromatic rings. The Morgan fingerprint density at radius 3 is 2.23 bits per heavy atom. The van der Waals surface area contributed by atoms with Crippen LogP contribution < -0.4 is 5.69 Å². The number of ether oxygens (including phenoxy) is 1. The molecule has 0 fully saturated rings. The van der Waals surface area contributed by atoms with Crippen LogP contribution in [0.4, 0.5) is 0 Å². The van der Waals surface area contributed by atoms with Crippen LogP contribution in [0.15, 0.2) is 71.7 Å². The zero-order valence-electron chi connectivity index (χ0n) is 18.6. The van der Waals surface area contributed by atoms with Crippen molar-refractivity contribution in [2.75, 3.05) is 13.7 Å². The minimum absolute atomic E-state index is 0.0593. The number of imidazole rings is 1. The Morgan fingerprint density at radius 2 is 1.58 bits per heavy atom. The lowest BCUT2D eigenvalue weighted by Gasteiger charge is -2.18. The van der Waals surface area contributed by atoms with Crippen LogP contribution in [-0.2, 0) is 11.2 Å². The molecule has 2 aromatic heterocycles. The first-order valence-electron chi connectivity index (χ1n) is 10.7. The normalized spacial score (nSPS) is 13.4. The van der Waals surface area contributed by atoms with E-state index in [0.29, 0.717) is 18.7 Å². The fourth-order valence-corrected chi connectivity index (χ4v) is 4.18. The zero-order valence-corrected chi connectivity index (χ0v) is 18.6. The highest BCUT2D eigenvalue weighted by atomic mass is 16.5. The van der Waals surface area contributed by atoms with Gasteiger partial charge in [-0.1, -0.05) is 59.7 Å². The van der Waals surface area contributed by atoms with Gasteiger partial charge in [0.25, 0.3) is 0 Å². The summed E-state index contributed by atoms with van der Waals surface area (Å²) in [7, 11) is 1.68. The third-order valence-electron chi connectivity index (χ3n) is 5.93. The van der Waals surface area contributed by atoms with Crippen molar-refractivity contribution < 1.29 is 4.74 Å². The summed E-state index contributed by atoms with van der Waals surface area (Å²) in [5, 5.41) is 0. The van der Waals surface area contributed by atoms with Gasteiger partial charge in [-0.2, -0.15) is 0 Å². The summed E-state index contributed by atoms with van der Waals surface area (Å²) in [6.07, 6.45) is 2.44. The molecule has 1 unspecified atom stereocenters. The molecule has 0 N–H and O–H groups in total. The first-order chi connectivity index (χ1) is 15.0. The number of benzene rings is 2. The summed E-state index contributed by atoms with van der Waals surface area (Å²) in [6.45, 7) is 6.64. The maximum Gasteiger partial charge on any atom is 0.331 e. The molecule has 0 saturated heterocycles. The first kappa shape index (κ1) is 21.1. The highest BCUT2D eigenvalue weighted by Crippen LogP contribution is 2.25.